The van der Waals surface area contributed by atoms with Crippen molar-refractivity contribution in [1.29, 1.82) is 0 Å². The fourth-order valence-electron chi connectivity index (χ4n) is 3.64. The van der Waals surface area contributed by atoms with E-state index in [1.165, 1.54) is 36.8 Å². The van der Waals surface area contributed by atoms with Crippen LogP contribution in [-0.4, -0.2) is 17.3 Å². The van der Waals surface area contributed by atoms with Gasteiger partial charge in [0.2, 0.25) is 5.91 Å². The van der Waals surface area contributed by atoms with E-state index in [2.05, 4.69) is 45.5 Å². The van der Waals surface area contributed by atoms with Gasteiger partial charge in [-0.1, -0.05) is 40.2 Å². The minimum absolute atomic E-state index is 0.174. The molecule has 0 aliphatic heterocycles. The second-order valence-electron chi connectivity index (χ2n) is 6.57. The minimum atomic E-state index is 0.174. The number of fused-ring (bicyclic) bond motifs is 1. The van der Waals surface area contributed by atoms with E-state index >= 15 is 0 Å². The van der Waals surface area contributed by atoms with E-state index in [0.29, 0.717) is 10.7 Å². The summed E-state index contributed by atoms with van der Waals surface area (Å²) in [6.45, 7) is 0.872. The summed E-state index contributed by atoms with van der Waals surface area (Å²) in [7, 11) is 0. The van der Waals surface area contributed by atoms with Crippen molar-refractivity contribution < 1.29 is 4.79 Å². The largest absolute Gasteiger partial charge is 0.356 e. The standard InChI is InChI=1S/C18H24BrNO/c19-17-9-5-13(6-10-17)12-20-18(21)16-8-7-14-3-1-2-4-15(14)11-16/h1-4,13,16-17H,5-12H2,(H,20,21). The van der Waals surface area contributed by atoms with E-state index in [4.69, 9.17) is 0 Å². The Morgan fingerprint density at radius 2 is 1.81 bits per heavy atom. The number of nitrogens with one attached hydrogen (secondary N) is 1. The number of aryl methyl sites for hydroxylation is 1. The summed E-state index contributed by atoms with van der Waals surface area (Å²) in [5.41, 5.74) is 2.79. The van der Waals surface area contributed by atoms with Crippen LogP contribution in [0.1, 0.15) is 43.2 Å². The Kier molecular flexibility index (Phi) is 4.99. The highest BCUT2D eigenvalue weighted by Crippen LogP contribution is 2.29. The van der Waals surface area contributed by atoms with Crippen LogP contribution in [-0.2, 0) is 17.6 Å². The summed E-state index contributed by atoms with van der Waals surface area (Å²) in [5.74, 6) is 1.12. The van der Waals surface area contributed by atoms with E-state index in [1.54, 1.807) is 0 Å². The average molecular weight is 350 g/mol. The van der Waals surface area contributed by atoms with E-state index in [9.17, 15) is 4.79 Å². The van der Waals surface area contributed by atoms with Gasteiger partial charge >= 0.3 is 0 Å². The SMILES string of the molecule is O=C(NCC1CCC(Br)CC1)C1CCc2ccccc2C1. The van der Waals surface area contributed by atoms with Crippen LogP contribution in [0.25, 0.3) is 0 Å². The van der Waals surface area contributed by atoms with Crippen LogP contribution in [0.4, 0.5) is 0 Å². The van der Waals surface area contributed by atoms with Crippen molar-refractivity contribution in [2.24, 2.45) is 11.8 Å². The van der Waals surface area contributed by atoms with Crippen molar-refractivity contribution >= 4 is 21.8 Å². The van der Waals surface area contributed by atoms with Crippen LogP contribution in [0.5, 0.6) is 0 Å². The van der Waals surface area contributed by atoms with Gasteiger partial charge in [0.05, 0.1) is 0 Å². The molecule has 3 heteroatoms. The summed E-state index contributed by atoms with van der Waals surface area (Å²) in [4.78, 5) is 13.1. The van der Waals surface area contributed by atoms with Crippen LogP contribution in [0.2, 0.25) is 0 Å². The molecule has 0 saturated heterocycles. The van der Waals surface area contributed by atoms with Gasteiger partial charge in [0.1, 0.15) is 0 Å². The molecule has 0 bridgehead atoms. The Balaban J connectivity index is 1.48. The molecule has 0 heterocycles. The molecule has 2 aliphatic carbocycles. The molecule has 3 rings (SSSR count). The number of rotatable bonds is 3. The van der Waals surface area contributed by atoms with Crippen LogP contribution < -0.4 is 5.32 Å². The fraction of sp³-hybridized carbons (Fsp3) is 0.611. The van der Waals surface area contributed by atoms with Crippen LogP contribution >= 0.6 is 15.9 Å². The predicted molar refractivity (Wildman–Crippen MR) is 89.6 cm³/mol. The molecule has 1 aromatic rings. The average Bonchev–Trinajstić information content (AvgIpc) is 2.53. The maximum absolute atomic E-state index is 12.4. The number of carbonyl (C=O) groups excluding carboxylic acids is 1. The predicted octanol–water partition coefficient (Wildman–Crippen LogP) is 3.86. The van der Waals surface area contributed by atoms with Crippen molar-refractivity contribution in [2.75, 3.05) is 6.54 Å². The van der Waals surface area contributed by atoms with Gasteiger partial charge in [-0.3, -0.25) is 4.79 Å². The molecule has 0 aromatic heterocycles. The fourth-order valence-corrected chi connectivity index (χ4v) is 4.17. The second-order valence-corrected chi connectivity index (χ2v) is 7.87. The highest BCUT2D eigenvalue weighted by molar-refractivity contribution is 9.09. The smallest absolute Gasteiger partial charge is 0.223 e. The lowest BCUT2D eigenvalue weighted by molar-refractivity contribution is -0.125. The molecule has 1 saturated carbocycles. The van der Waals surface area contributed by atoms with Crippen molar-refractivity contribution in [2.45, 2.75) is 49.8 Å². The molecule has 1 amide bonds. The van der Waals surface area contributed by atoms with Crippen LogP contribution in [0.15, 0.2) is 24.3 Å². The number of alkyl halides is 1. The molecular weight excluding hydrogens is 326 g/mol. The quantitative estimate of drug-likeness (QED) is 0.824. The van der Waals surface area contributed by atoms with Gasteiger partial charge in [0, 0.05) is 17.3 Å². The van der Waals surface area contributed by atoms with Crippen LogP contribution in [0.3, 0.4) is 0 Å². The summed E-state index contributed by atoms with van der Waals surface area (Å²) in [6, 6.07) is 8.55. The van der Waals surface area contributed by atoms with Crippen molar-refractivity contribution in [3.05, 3.63) is 35.4 Å². The topological polar surface area (TPSA) is 29.1 Å². The van der Waals surface area contributed by atoms with Gasteiger partial charge in [0.25, 0.3) is 0 Å². The molecule has 114 valence electrons. The zero-order chi connectivity index (χ0) is 14.7. The van der Waals surface area contributed by atoms with Gasteiger partial charge < -0.3 is 5.32 Å². The molecule has 1 N–H and O–H groups in total. The van der Waals surface area contributed by atoms with Crippen molar-refractivity contribution in [3.8, 4) is 0 Å². The van der Waals surface area contributed by atoms with Gasteiger partial charge in [0.15, 0.2) is 0 Å². The number of carbonyl (C=O) groups is 1. The third-order valence-electron chi connectivity index (χ3n) is 5.06. The maximum Gasteiger partial charge on any atom is 0.223 e. The molecule has 1 unspecified atom stereocenters. The molecular formula is C18H24BrNO. The number of halogens is 1. The lowest BCUT2D eigenvalue weighted by Gasteiger charge is -2.27. The summed E-state index contributed by atoms with van der Waals surface area (Å²) < 4.78 is 0. The third-order valence-corrected chi connectivity index (χ3v) is 5.97. The van der Waals surface area contributed by atoms with E-state index in [-0.39, 0.29) is 11.8 Å². The summed E-state index contributed by atoms with van der Waals surface area (Å²) in [6.07, 6.45) is 7.93. The van der Waals surface area contributed by atoms with E-state index < -0.39 is 0 Å². The molecule has 2 nitrogen and oxygen atoms in total. The summed E-state index contributed by atoms with van der Waals surface area (Å²) in [5, 5.41) is 3.21. The molecule has 1 atom stereocenters. The maximum atomic E-state index is 12.4. The van der Waals surface area contributed by atoms with Gasteiger partial charge in [-0.2, -0.15) is 0 Å². The van der Waals surface area contributed by atoms with E-state index in [1.807, 2.05) is 0 Å². The van der Waals surface area contributed by atoms with Gasteiger partial charge in [-0.15, -0.1) is 0 Å². The molecule has 21 heavy (non-hydrogen) atoms. The Labute approximate surface area is 135 Å². The van der Waals surface area contributed by atoms with Crippen LogP contribution in [0, 0.1) is 11.8 Å². The van der Waals surface area contributed by atoms with Crippen molar-refractivity contribution in [3.63, 3.8) is 0 Å². The molecule has 0 radical (unpaired) electrons. The Hall–Kier alpha value is -0.830. The molecule has 0 spiro atoms. The highest BCUT2D eigenvalue weighted by Gasteiger charge is 2.25. The molecule has 1 aromatic carbocycles. The first kappa shape index (κ1) is 15.1. The minimum Gasteiger partial charge on any atom is -0.356 e. The van der Waals surface area contributed by atoms with Gasteiger partial charge in [-0.25, -0.2) is 0 Å². The zero-order valence-electron chi connectivity index (χ0n) is 12.5. The molecule has 1 fully saturated rings. The number of benzene rings is 1. The third kappa shape index (κ3) is 3.88. The first-order valence-corrected chi connectivity index (χ1v) is 9.12. The number of hydrogen-bond acceptors (Lipinski definition) is 1. The lowest BCUT2D eigenvalue weighted by atomic mass is 9.83. The second kappa shape index (κ2) is 6.95. The molecule has 2 aliphatic rings. The first-order valence-electron chi connectivity index (χ1n) is 8.21. The van der Waals surface area contributed by atoms with E-state index in [0.717, 1.165) is 25.8 Å². The van der Waals surface area contributed by atoms with Crippen molar-refractivity contribution in [1.82, 2.24) is 5.32 Å². The summed E-state index contributed by atoms with van der Waals surface area (Å²) >= 11 is 3.69. The number of amides is 1. The first-order chi connectivity index (χ1) is 10.2. The van der Waals surface area contributed by atoms with Gasteiger partial charge in [-0.05, 0) is 62.0 Å². The lowest BCUT2D eigenvalue weighted by Crippen LogP contribution is -2.37. The highest BCUT2D eigenvalue weighted by atomic mass is 79.9. The Morgan fingerprint density at radius 1 is 1.10 bits per heavy atom. The monoisotopic (exact) mass is 349 g/mol. The number of hydrogen-bond donors (Lipinski definition) is 1. The Morgan fingerprint density at radius 3 is 2.57 bits per heavy atom. The Bertz CT molecular complexity index is 494. The normalized spacial score (nSPS) is 28.7. The zero-order valence-corrected chi connectivity index (χ0v) is 14.1.